The van der Waals surface area contributed by atoms with Crippen molar-refractivity contribution in [1.82, 2.24) is 5.32 Å². The minimum absolute atomic E-state index is 0.192. The Labute approximate surface area is 133 Å². The second-order valence-electron chi connectivity index (χ2n) is 4.98. The maximum atomic E-state index is 13.3. The highest BCUT2D eigenvalue weighted by molar-refractivity contribution is 9.10. The number of benzene rings is 2. The van der Waals surface area contributed by atoms with Gasteiger partial charge in [0, 0.05) is 10.5 Å². The fraction of sp³-hybridized carbons (Fsp3) is 0.294. The molecule has 0 spiro atoms. The van der Waals surface area contributed by atoms with E-state index in [0.29, 0.717) is 0 Å². The van der Waals surface area contributed by atoms with Crippen LogP contribution in [-0.4, -0.2) is 20.2 Å². The highest BCUT2D eigenvalue weighted by atomic mass is 79.9. The molecule has 2 aromatic carbocycles. The van der Waals surface area contributed by atoms with Gasteiger partial charge in [0.15, 0.2) is 0 Å². The lowest BCUT2D eigenvalue weighted by atomic mass is 9.98. The van der Waals surface area contributed by atoms with Gasteiger partial charge in [0.1, 0.15) is 11.6 Å². The molecule has 0 aliphatic rings. The first-order valence-corrected chi connectivity index (χ1v) is 7.66. The van der Waals surface area contributed by atoms with Crippen LogP contribution in [0.2, 0.25) is 0 Å². The number of halogens is 2. The summed E-state index contributed by atoms with van der Waals surface area (Å²) in [5, 5.41) is 3.30. The van der Waals surface area contributed by atoms with Crippen LogP contribution in [0.1, 0.15) is 11.1 Å². The first kappa shape index (κ1) is 16.0. The summed E-state index contributed by atoms with van der Waals surface area (Å²) >= 11 is 3.49. The van der Waals surface area contributed by atoms with E-state index in [1.165, 1.54) is 6.07 Å². The summed E-state index contributed by atoms with van der Waals surface area (Å²) in [6.07, 6.45) is 1.58. The van der Waals surface area contributed by atoms with Gasteiger partial charge >= 0.3 is 0 Å². The zero-order chi connectivity index (χ0) is 15.2. The molecule has 0 heterocycles. The Morgan fingerprint density at radius 3 is 2.67 bits per heavy atom. The molecule has 0 saturated heterocycles. The monoisotopic (exact) mass is 351 g/mol. The summed E-state index contributed by atoms with van der Waals surface area (Å²) in [4.78, 5) is 0. The van der Waals surface area contributed by atoms with Crippen LogP contribution in [0.3, 0.4) is 0 Å². The van der Waals surface area contributed by atoms with Crippen molar-refractivity contribution in [1.29, 1.82) is 0 Å². The van der Waals surface area contributed by atoms with Gasteiger partial charge in [0.2, 0.25) is 0 Å². The Bertz CT molecular complexity index is 603. The number of rotatable bonds is 6. The van der Waals surface area contributed by atoms with E-state index in [-0.39, 0.29) is 11.9 Å². The van der Waals surface area contributed by atoms with Crippen molar-refractivity contribution in [2.75, 3.05) is 14.2 Å². The predicted octanol–water partition coefficient (Wildman–Crippen LogP) is 3.97. The standard InChI is InChI=1S/C17H19BrFNO/c1-20-16(9-12-4-3-5-15(19)8-12)11-13-10-14(18)6-7-17(13)21-2/h3-8,10,16,20H,9,11H2,1-2H3. The third-order valence-electron chi connectivity index (χ3n) is 3.49. The molecule has 1 N–H and O–H groups in total. The van der Waals surface area contributed by atoms with Crippen LogP contribution in [0, 0.1) is 5.82 Å². The van der Waals surface area contributed by atoms with E-state index in [2.05, 4.69) is 27.3 Å². The van der Waals surface area contributed by atoms with Gasteiger partial charge in [0.25, 0.3) is 0 Å². The fourth-order valence-electron chi connectivity index (χ4n) is 2.40. The average Bonchev–Trinajstić information content (AvgIpc) is 2.47. The van der Waals surface area contributed by atoms with Crippen molar-refractivity contribution >= 4 is 15.9 Å². The number of hydrogen-bond acceptors (Lipinski definition) is 2. The van der Waals surface area contributed by atoms with E-state index < -0.39 is 0 Å². The summed E-state index contributed by atoms with van der Waals surface area (Å²) in [6, 6.07) is 12.9. The van der Waals surface area contributed by atoms with Gasteiger partial charge in [-0.3, -0.25) is 0 Å². The van der Waals surface area contributed by atoms with Crippen molar-refractivity contribution in [3.63, 3.8) is 0 Å². The molecular weight excluding hydrogens is 333 g/mol. The molecule has 2 rings (SSSR count). The molecule has 0 aliphatic heterocycles. The third kappa shape index (κ3) is 4.55. The van der Waals surface area contributed by atoms with Crippen molar-refractivity contribution in [3.05, 3.63) is 63.9 Å². The Kier molecular flexibility index (Phi) is 5.76. The van der Waals surface area contributed by atoms with Gasteiger partial charge in [-0.2, -0.15) is 0 Å². The minimum atomic E-state index is -0.192. The van der Waals surface area contributed by atoms with Gasteiger partial charge in [-0.1, -0.05) is 28.1 Å². The second kappa shape index (κ2) is 7.57. The Balaban J connectivity index is 2.14. The number of methoxy groups -OCH3 is 1. The molecule has 2 nitrogen and oxygen atoms in total. The summed E-state index contributed by atoms with van der Waals surface area (Å²) < 4.78 is 19.7. The van der Waals surface area contributed by atoms with Gasteiger partial charge < -0.3 is 10.1 Å². The fourth-order valence-corrected chi connectivity index (χ4v) is 2.81. The lowest BCUT2D eigenvalue weighted by molar-refractivity contribution is 0.405. The SMILES string of the molecule is CNC(Cc1cccc(F)c1)Cc1cc(Br)ccc1OC. The molecule has 2 aromatic rings. The van der Waals surface area contributed by atoms with E-state index in [0.717, 1.165) is 34.2 Å². The highest BCUT2D eigenvalue weighted by Gasteiger charge is 2.12. The quantitative estimate of drug-likeness (QED) is 0.850. The van der Waals surface area contributed by atoms with Gasteiger partial charge in [-0.15, -0.1) is 0 Å². The summed E-state index contributed by atoms with van der Waals surface area (Å²) in [5.41, 5.74) is 2.12. The van der Waals surface area contributed by atoms with Crippen LogP contribution < -0.4 is 10.1 Å². The molecule has 0 aromatic heterocycles. The summed E-state index contributed by atoms with van der Waals surface area (Å²) in [7, 11) is 3.60. The van der Waals surface area contributed by atoms with Crippen LogP contribution in [0.4, 0.5) is 4.39 Å². The lowest BCUT2D eigenvalue weighted by Crippen LogP contribution is -2.30. The first-order valence-electron chi connectivity index (χ1n) is 6.86. The van der Waals surface area contributed by atoms with E-state index in [1.54, 1.807) is 19.2 Å². The Hall–Kier alpha value is -1.39. The summed E-state index contributed by atoms with van der Waals surface area (Å²) in [6.45, 7) is 0. The number of ether oxygens (including phenoxy) is 1. The molecule has 0 bridgehead atoms. The number of nitrogens with one attached hydrogen (secondary N) is 1. The average molecular weight is 352 g/mol. The van der Waals surface area contributed by atoms with Crippen molar-refractivity contribution in [2.24, 2.45) is 0 Å². The molecule has 0 saturated carbocycles. The van der Waals surface area contributed by atoms with E-state index >= 15 is 0 Å². The number of hydrogen-bond donors (Lipinski definition) is 1. The predicted molar refractivity (Wildman–Crippen MR) is 87.3 cm³/mol. The van der Waals surface area contributed by atoms with Crippen LogP contribution in [0.15, 0.2) is 46.9 Å². The van der Waals surface area contributed by atoms with Gasteiger partial charge in [0.05, 0.1) is 7.11 Å². The molecule has 1 unspecified atom stereocenters. The molecule has 0 aliphatic carbocycles. The largest absolute Gasteiger partial charge is 0.496 e. The highest BCUT2D eigenvalue weighted by Crippen LogP contribution is 2.24. The molecule has 4 heteroatoms. The normalized spacial score (nSPS) is 12.2. The molecule has 112 valence electrons. The molecule has 1 atom stereocenters. The number of likely N-dealkylation sites (N-methyl/N-ethyl adjacent to an activating group) is 1. The Morgan fingerprint density at radius 1 is 1.19 bits per heavy atom. The van der Waals surface area contributed by atoms with E-state index in [1.807, 2.05) is 25.2 Å². The van der Waals surface area contributed by atoms with Crippen LogP contribution in [0.25, 0.3) is 0 Å². The van der Waals surface area contributed by atoms with E-state index in [9.17, 15) is 4.39 Å². The maximum absolute atomic E-state index is 13.3. The van der Waals surface area contributed by atoms with Gasteiger partial charge in [-0.05, 0) is 61.3 Å². The molecule has 0 amide bonds. The van der Waals surface area contributed by atoms with Gasteiger partial charge in [-0.25, -0.2) is 4.39 Å². The topological polar surface area (TPSA) is 21.3 Å². The molecule has 0 fully saturated rings. The zero-order valence-corrected chi connectivity index (χ0v) is 13.8. The maximum Gasteiger partial charge on any atom is 0.123 e. The Morgan fingerprint density at radius 2 is 2.00 bits per heavy atom. The minimum Gasteiger partial charge on any atom is -0.496 e. The molecule has 0 radical (unpaired) electrons. The third-order valence-corrected chi connectivity index (χ3v) is 3.98. The van der Waals surface area contributed by atoms with Crippen molar-refractivity contribution in [2.45, 2.75) is 18.9 Å². The van der Waals surface area contributed by atoms with Crippen LogP contribution in [0.5, 0.6) is 5.75 Å². The second-order valence-corrected chi connectivity index (χ2v) is 5.90. The van der Waals surface area contributed by atoms with E-state index in [4.69, 9.17) is 4.74 Å². The summed E-state index contributed by atoms with van der Waals surface area (Å²) in [5.74, 6) is 0.681. The smallest absolute Gasteiger partial charge is 0.123 e. The lowest BCUT2D eigenvalue weighted by Gasteiger charge is -2.18. The van der Waals surface area contributed by atoms with Crippen molar-refractivity contribution < 1.29 is 9.13 Å². The molecular formula is C17H19BrFNO. The van der Waals surface area contributed by atoms with Crippen LogP contribution >= 0.6 is 15.9 Å². The first-order chi connectivity index (χ1) is 10.1. The van der Waals surface area contributed by atoms with Crippen molar-refractivity contribution in [3.8, 4) is 5.75 Å². The zero-order valence-electron chi connectivity index (χ0n) is 12.2. The molecule has 21 heavy (non-hydrogen) atoms. The van der Waals surface area contributed by atoms with Crippen LogP contribution in [-0.2, 0) is 12.8 Å².